The van der Waals surface area contributed by atoms with Crippen LogP contribution in [0.15, 0.2) is 29.3 Å². The van der Waals surface area contributed by atoms with Gasteiger partial charge in [-0.2, -0.15) is 0 Å². The van der Waals surface area contributed by atoms with Crippen molar-refractivity contribution in [3.05, 3.63) is 29.8 Å². The molecule has 2 rings (SSSR count). The second-order valence-corrected chi connectivity index (χ2v) is 6.90. The van der Waals surface area contributed by atoms with Gasteiger partial charge in [-0.15, -0.1) is 0 Å². The lowest BCUT2D eigenvalue weighted by Crippen LogP contribution is -2.39. The third kappa shape index (κ3) is 9.62. The molecule has 8 nitrogen and oxygen atoms in total. The highest BCUT2D eigenvalue weighted by molar-refractivity contribution is 5.84. The first-order valence-corrected chi connectivity index (χ1v) is 10.3. The number of methoxy groups -OCH3 is 1. The maximum Gasteiger partial charge on any atom is 0.242 e. The number of hydrogen-bond acceptors (Lipinski definition) is 5. The van der Waals surface area contributed by atoms with Gasteiger partial charge in [0.05, 0.1) is 20.3 Å². The Labute approximate surface area is 173 Å². The molecule has 1 aliphatic rings. The molecule has 1 unspecified atom stereocenters. The minimum Gasteiger partial charge on any atom is -0.497 e. The smallest absolute Gasteiger partial charge is 0.242 e. The molecule has 29 heavy (non-hydrogen) atoms. The van der Waals surface area contributed by atoms with E-state index in [-0.39, 0.29) is 12.5 Å². The molecule has 1 fully saturated rings. The van der Waals surface area contributed by atoms with Crippen LogP contribution in [-0.4, -0.2) is 65.0 Å². The molecule has 1 aromatic rings. The van der Waals surface area contributed by atoms with Crippen molar-refractivity contribution in [2.45, 2.75) is 26.3 Å². The molecule has 8 heteroatoms. The standard InChI is InChI=1S/C21H34N4O4/c1-3-22-21(23-10-4-11-28-15-18-9-12-29-16-18)25-14-20(26)24-13-17-5-7-19(27-2)8-6-17/h5-8,18H,3-4,9-16H2,1-2H3,(H,24,26)(H2,22,23,25). The number of carbonyl (C=O) groups excluding carboxylic acids is 1. The summed E-state index contributed by atoms with van der Waals surface area (Å²) in [6, 6.07) is 7.60. The number of nitrogens with one attached hydrogen (secondary N) is 3. The van der Waals surface area contributed by atoms with E-state index >= 15 is 0 Å². The lowest BCUT2D eigenvalue weighted by molar-refractivity contribution is -0.119. The van der Waals surface area contributed by atoms with E-state index in [2.05, 4.69) is 20.9 Å². The molecule has 1 aromatic carbocycles. The van der Waals surface area contributed by atoms with Crippen molar-refractivity contribution in [3.8, 4) is 5.75 Å². The normalized spacial score (nSPS) is 16.5. The fourth-order valence-electron chi connectivity index (χ4n) is 2.84. The highest BCUT2D eigenvalue weighted by atomic mass is 16.5. The van der Waals surface area contributed by atoms with Crippen LogP contribution in [-0.2, 0) is 20.8 Å². The Hall–Kier alpha value is -2.32. The summed E-state index contributed by atoms with van der Waals surface area (Å²) in [5.74, 6) is 1.85. The van der Waals surface area contributed by atoms with Crippen LogP contribution >= 0.6 is 0 Å². The lowest BCUT2D eigenvalue weighted by atomic mass is 10.1. The fraction of sp³-hybridized carbons (Fsp3) is 0.619. The fourth-order valence-corrected chi connectivity index (χ4v) is 2.84. The summed E-state index contributed by atoms with van der Waals surface area (Å²) in [5.41, 5.74) is 1.01. The van der Waals surface area contributed by atoms with Crippen LogP contribution in [0.2, 0.25) is 0 Å². The van der Waals surface area contributed by atoms with E-state index in [4.69, 9.17) is 14.2 Å². The Balaban J connectivity index is 1.61. The molecular formula is C21H34N4O4. The van der Waals surface area contributed by atoms with Crippen molar-refractivity contribution in [3.63, 3.8) is 0 Å². The second kappa shape index (κ2) is 13.8. The number of ether oxygens (including phenoxy) is 3. The van der Waals surface area contributed by atoms with Gasteiger partial charge in [-0.05, 0) is 37.5 Å². The van der Waals surface area contributed by atoms with Crippen LogP contribution in [0, 0.1) is 5.92 Å². The molecule has 1 aliphatic heterocycles. The van der Waals surface area contributed by atoms with Crippen LogP contribution < -0.4 is 20.7 Å². The van der Waals surface area contributed by atoms with Gasteiger partial charge >= 0.3 is 0 Å². The molecule has 3 N–H and O–H groups in total. The van der Waals surface area contributed by atoms with Gasteiger partial charge in [-0.25, -0.2) is 4.99 Å². The lowest BCUT2D eigenvalue weighted by Gasteiger charge is -2.12. The maximum atomic E-state index is 12.1. The Bertz CT molecular complexity index is 616. The molecule has 1 atom stereocenters. The van der Waals surface area contributed by atoms with Crippen LogP contribution in [0.3, 0.4) is 0 Å². The van der Waals surface area contributed by atoms with E-state index < -0.39 is 0 Å². The van der Waals surface area contributed by atoms with Crippen LogP contribution in [0.5, 0.6) is 5.75 Å². The average molecular weight is 407 g/mol. The third-order valence-corrected chi connectivity index (χ3v) is 4.51. The summed E-state index contributed by atoms with van der Waals surface area (Å²) in [6.45, 7) is 7.14. The van der Waals surface area contributed by atoms with Crippen molar-refractivity contribution in [1.29, 1.82) is 0 Å². The summed E-state index contributed by atoms with van der Waals surface area (Å²) in [7, 11) is 1.63. The van der Waals surface area contributed by atoms with Gasteiger partial charge in [0.25, 0.3) is 0 Å². The highest BCUT2D eigenvalue weighted by Gasteiger charge is 2.15. The Morgan fingerprint density at radius 3 is 2.76 bits per heavy atom. The Morgan fingerprint density at radius 1 is 1.24 bits per heavy atom. The number of guanidine groups is 1. The van der Waals surface area contributed by atoms with Crippen molar-refractivity contribution in [1.82, 2.24) is 16.0 Å². The first kappa shape index (κ1) is 23.0. The maximum absolute atomic E-state index is 12.1. The van der Waals surface area contributed by atoms with E-state index in [0.29, 0.717) is 25.0 Å². The van der Waals surface area contributed by atoms with E-state index in [0.717, 1.165) is 57.1 Å². The second-order valence-electron chi connectivity index (χ2n) is 6.90. The zero-order valence-corrected chi connectivity index (χ0v) is 17.5. The van der Waals surface area contributed by atoms with E-state index in [1.54, 1.807) is 7.11 Å². The van der Waals surface area contributed by atoms with Gasteiger partial charge in [0, 0.05) is 38.8 Å². The van der Waals surface area contributed by atoms with E-state index in [1.807, 2.05) is 31.2 Å². The number of nitrogens with zero attached hydrogens (tertiary/aromatic N) is 1. The highest BCUT2D eigenvalue weighted by Crippen LogP contribution is 2.12. The molecule has 0 aromatic heterocycles. The monoisotopic (exact) mass is 406 g/mol. The minimum atomic E-state index is -0.125. The van der Waals surface area contributed by atoms with Crippen molar-refractivity contribution in [2.24, 2.45) is 10.9 Å². The number of benzene rings is 1. The average Bonchev–Trinajstić information content (AvgIpc) is 3.26. The molecular weight excluding hydrogens is 372 g/mol. The number of hydrogen-bond donors (Lipinski definition) is 3. The summed E-state index contributed by atoms with van der Waals surface area (Å²) >= 11 is 0. The molecule has 0 saturated carbocycles. The van der Waals surface area contributed by atoms with Crippen LogP contribution in [0.25, 0.3) is 0 Å². The van der Waals surface area contributed by atoms with Crippen LogP contribution in [0.4, 0.5) is 0 Å². The van der Waals surface area contributed by atoms with Gasteiger partial charge in [-0.3, -0.25) is 4.79 Å². The molecule has 0 aliphatic carbocycles. The third-order valence-electron chi connectivity index (χ3n) is 4.51. The first-order chi connectivity index (χ1) is 14.2. The molecule has 0 bridgehead atoms. The molecule has 1 heterocycles. The Kier molecular flexibility index (Phi) is 10.9. The number of aliphatic imine (C=N–C) groups is 1. The van der Waals surface area contributed by atoms with Gasteiger partial charge in [0.2, 0.25) is 5.91 Å². The quantitative estimate of drug-likeness (QED) is 0.275. The summed E-state index contributed by atoms with van der Waals surface area (Å²) < 4.78 is 16.2. The van der Waals surface area contributed by atoms with E-state index in [9.17, 15) is 4.79 Å². The molecule has 1 saturated heterocycles. The molecule has 0 radical (unpaired) electrons. The predicted octanol–water partition coefficient (Wildman–Crippen LogP) is 1.31. The van der Waals surface area contributed by atoms with Gasteiger partial charge in [0.15, 0.2) is 5.96 Å². The summed E-state index contributed by atoms with van der Waals surface area (Å²) in [6.07, 6.45) is 1.97. The molecule has 0 spiro atoms. The number of amides is 1. The first-order valence-electron chi connectivity index (χ1n) is 10.3. The van der Waals surface area contributed by atoms with Gasteiger partial charge < -0.3 is 30.2 Å². The largest absolute Gasteiger partial charge is 0.497 e. The van der Waals surface area contributed by atoms with Crippen molar-refractivity contribution >= 4 is 11.9 Å². The van der Waals surface area contributed by atoms with Gasteiger partial charge in [0.1, 0.15) is 12.3 Å². The predicted molar refractivity (Wildman–Crippen MR) is 113 cm³/mol. The van der Waals surface area contributed by atoms with Crippen molar-refractivity contribution < 1.29 is 19.0 Å². The summed E-state index contributed by atoms with van der Waals surface area (Å²) in [5, 5.41) is 9.25. The zero-order valence-electron chi connectivity index (χ0n) is 17.5. The molecule has 162 valence electrons. The SMILES string of the molecule is CCNC(=NCC(=O)NCc1ccc(OC)cc1)NCCCOCC1CCOC1. The van der Waals surface area contributed by atoms with E-state index in [1.165, 1.54) is 0 Å². The number of carbonyl (C=O) groups is 1. The zero-order chi connectivity index (χ0) is 20.7. The van der Waals surface area contributed by atoms with Crippen LogP contribution in [0.1, 0.15) is 25.3 Å². The summed E-state index contributed by atoms with van der Waals surface area (Å²) in [4.78, 5) is 16.4. The number of rotatable bonds is 12. The minimum absolute atomic E-state index is 0.0731. The topological polar surface area (TPSA) is 93.2 Å². The Morgan fingerprint density at radius 2 is 2.07 bits per heavy atom. The molecule has 1 amide bonds. The van der Waals surface area contributed by atoms with Gasteiger partial charge in [-0.1, -0.05) is 12.1 Å². The van der Waals surface area contributed by atoms with Crippen molar-refractivity contribution in [2.75, 3.05) is 53.2 Å².